The molecule has 2 rings (SSSR count). The standard InChI is InChI=1S/C12H21N3O/c1-11(2)7-9(12(3,4)16-11)15-8-10-13-5-6-14-10/h5-6,9,15H,7-8H2,1-4H3,(H,13,14). The van der Waals surface area contributed by atoms with Crippen molar-refractivity contribution in [3.8, 4) is 0 Å². The van der Waals surface area contributed by atoms with Gasteiger partial charge in [0, 0.05) is 18.4 Å². The maximum Gasteiger partial charge on any atom is 0.120 e. The molecule has 0 amide bonds. The van der Waals surface area contributed by atoms with Crippen LogP contribution in [0.4, 0.5) is 0 Å². The van der Waals surface area contributed by atoms with Crippen LogP contribution in [0.3, 0.4) is 0 Å². The molecule has 1 aromatic rings. The smallest absolute Gasteiger partial charge is 0.120 e. The molecule has 1 aliphatic rings. The highest BCUT2D eigenvalue weighted by atomic mass is 16.5. The third-order valence-corrected chi connectivity index (χ3v) is 3.14. The van der Waals surface area contributed by atoms with Gasteiger partial charge < -0.3 is 15.0 Å². The van der Waals surface area contributed by atoms with Crippen LogP contribution in [0.2, 0.25) is 0 Å². The topological polar surface area (TPSA) is 49.9 Å². The second-order valence-corrected chi connectivity index (χ2v) is 5.64. The first-order valence-corrected chi connectivity index (χ1v) is 5.81. The third-order valence-electron chi connectivity index (χ3n) is 3.14. The van der Waals surface area contributed by atoms with Crippen LogP contribution in [0.5, 0.6) is 0 Å². The molecule has 2 N–H and O–H groups in total. The first-order valence-electron chi connectivity index (χ1n) is 5.81. The number of aromatic nitrogens is 2. The number of hydrogen-bond acceptors (Lipinski definition) is 3. The summed E-state index contributed by atoms with van der Waals surface area (Å²) in [5.41, 5.74) is -0.152. The molecule has 1 atom stereocenters. The molecule has 2 heterocycles. The number of hydrogen-bond donors (Lipinski definition) is 2. The summed E-state index contributed by atoms with van der Waals surface area (Å²) in [6.45, 7) is 9.33. The molecule has 0 radical (unpaired) electrons. The largest absolute Gasteiger partial charge is 0.368 e. The van der Waals surface area contributed by atoms with Crippen LogP contribution in [0.15, 0.2) is 12.4 Å². The van der Waals surface area contributed by atoms with E-state index in [1.54, 1.807) is 6.20 Å². The summed E-state index contributed by atoms with van der Waals surface area (Å²) in [6.07, 6.45) is 4.65. The lowest BCUT2D eigenvalue weighted by Gasteiger charge is -2.27. The normalized spacial score (nSPS) is 27.1. The highest BCUT2D eigenvalue weighted by Crippen LogP contribution is 2.37. The Balaban J connectivity index is 1.95. The van der Waals surface area contributed by atoms with Gasteiger partial charge in [0.15, 0.2) is 0 Å². The lowest BCUT2D eigenvalue weighted by Crippen LogP contribution is -2.43. The number of H-pyrrole nitrogens is 1. The van der Waals surface area contributed by atoms with Gasteiger partial charge in [0.25, 0.3) is 0 Å². The maximum absolute atomic E-state index is 6.03. The van der Waals surface area contributed by atoms with E-state index < -0.39 is 0 Å². The maximum atomic E-state index is 6.03. The third kappa shape index (κ3) is 2.44. The molecule has 0 bridgehead atoms. The molecule has 1 fully saturated rings. The molecule has 16 heavy (non-hydrogen) atoms. The predicted octanol–water partition coefficient (Wildman–Crippen LogP) is 1.85. The van der Waals surface area contributed by atoms with Crippen LogP contribution < -0.4 is 5.32 Å². The Hall–Kier alpha value is -0.870. The van der Waals surface area contributed by atoms with Crippen molar-refractivity contribution < 1.29 is 4.74 Å². The molecule has 0 aromatic carbocycles. The van der Waals surface area contributed by atoms with Crippen molar-refractivity contribution in [3.05, 3.63) is 18.2 Å². The second kappa shape index (κ2) is 3.86. The predicted molar refractivity (Wildman–Crippen MR) is 63.1 cm³/mol. The molecule has 4 nitrogen and oxygen atoms in total. The van der Waals surface area contributed by atoms with Gasteiger partial charge >= 0.3 is 0 Å². The van der Waals surface area contributed by atoms with E-state index in [1.165, 1.54) is 0 Å². The molecule has 0 saturated carbocycles. The lowest BCUT2D eigenvalue weighted by atomic mass is 9.94. The quantitative estimate of drug-likeness (QED) is 0.822. The SMILES string of the molecule is CC1(C)CC(NCc2ncc[nH]2)C(C)(C)O1. The zero-order valence-corrected chi connectivity index (χ0v) is 10.5. The van der Waals surface area contributed by atoms with Gasteiger partial charge in [0.05, 0.1) is 17.7 Å². The van der Waals surface area contributed by atoms with Crippen molar-refractivity contribution in [2.75, 3.05) is 0 Å². The van der Waals surface area contributed by atoms with E-state index >= 15 is 0 Å². The van der Waals surface area contributed by atoms with Gasteiger partial charge in [0.1, 0.15) is 5.82 Å². The fraction of sp³-hybridized carbons (Fsp3) is 0.750. The monoisotopic (exact) mass is 223 g/mol. The minimum atomic E-state index is -0.115. The fourth-order valence-corrected chi connectivity index (χ4v) is 2.49. The summed E-state index contributed by atoms with van der Waals surface area (Å²) < 4.78 is 6.03. The molecule has 0 spiro atoms. The number of imidazole rings is 1. The molecule has 1 unspecified atom stereocenters. The number of ether oxygens (including phenoxy) is 1. The highest BCUT2D eigenvalue weighted by molar-refractivity contribution is 5.00. The van der Waals surface area contributed by atoms with E-state index in [4.69, 9.17) is 4.74 Å². The van der Waals surface area contributed by atoms with Gasteiger partial charge in [0.2, 0.25) is 0 Å². The molecule has 90 valence electrons. The number of rotatable bonds is 3. The van der Waals surface area contributed by atoms with Crippen molar-refractivity contribution in [2.45, 2.75) is 57.9 Å². The minimum absolute atomic E-state index is 0.0374. The summed E-state index contributed by atoms with van der Waals surface area (Å²) in [4.78, 5) is 7.30. The summed E-state index contributed by atoms with van der Waals surface area (Å²) >= 11 is 0. The zero-order valence-electron chi connectivity index (χ0n) is 10.5. The Morgan fingerprint density at radius 1 is 1.50 bits per heavy atom. The van der Waals surface area contributed by atoms with Gasteiger partial charge in [-0.15, -0.1) is 0 Å². The van der Waals surface area contributed by atoms with Crippen LogP contribution in [0.1, 0.15) is 39.9 Å². The summed E-state index contributed by atoms with van der Waals surface area (Å²) in [5, 5.41) is 3.51. The first kappa shape index (κ1) is 11.6. The first-order chi connectivity index (χ1) is 7.39. The van der Waals surface area contributed by atoms with Crippen molar-refractivity contribution in [3.63, 3.8) is 0 Å². The van der Waals surface area contributed by atoms with E-state index in [0.29, 0.717) is 6.04 Å². The van der Waals surface area contributed by atoms with E-state index in [2.05, 4.69) is 43.0 Å². The fourth-order valence-electron chi connectivity index (χ4n) is 2.49. The Labute approximate surface area is 96.8 Å². The van der Waals surface area contributed by atoms with Crippen molar-refractivity contribution in [2.24, 2.45) is 0 Å². The highest BCUT2D eigenvalue weighted by Gasteiger charge is 2.45. The molecule has 1 aromatic heterocycles. The summed E-state index contributed by atoms with van der Waals surface area (Å²) in [7, 11) is 0. The van der Waals surface area contributed by atoms with Crippen molar-refractivity contribution >= 4 is 0 Å². The Kier molecular flexibility index (Phi) is 2.80. The Morgan fingerprint density at radius 3 is 2.75 bits per heavy atom. The van der Waals surface area contributed by atoms with Crippen molar-refractivity contribution in [1.29, 1.82) is 0 Å². The number of nitrogens with one attached hydrogen (secondary N) is 2. The van der Waals surface area contributed by atoms with Gasteiger partial charge in [-0.2, -0.15) is 0 Å². The minimum Gasteiger partial charge on any atom is -0.368 e. The molecular weight excluding hydrogens is 202 g/mol. The van der Waals surface area contributed by atoms with Crippen LogP contribution in [-0.2, 0) is 11.3 Å². The number of aromatic amines is 1. The number of nitrogens with zero attached hydrogens (tertiary/aromatic N) is 1. The zero-order chi connectivity index (χ0) is 11.8. The molecule has 4 heteroatoms. The van der Waals surface area contributed by atoms with Gasteiger partial charge in [-0.05, 0) is 34.1 Å². The lowest BCUT2D eigenvalue weighted by molar-refractivity contribution is -0.0699. The molecule has 1 saturated heterocycles. The van der Waals surface area contributed by atoms with Gasteiger partial charge in [-0.25, -0.2) is 4.98 Å². The van der Waals surface area contributed by atoms with E-state index in [0.717, 1.165) is 18.8 Å². The summed E-state index contributed by atoms with van der Waals surface area (Å²) in [6, 6.07) is 0.368. The summed E-state index contributed by atoms with van der Waals surface area (Å²) in [5.74, 6) is 0.973. The average molecular weight is 223 g/mol. The molecule has 1 aliphatic heterocycles. The molecule has 0 aliphatic carbocycles. The van der Waals surface area contributed by atoms with Crippen LogP contribution >= 0.6 is 0 Å². The van der Waals surface area contributed by atoms with Crippen LogP contribution in [0.25, 0.3) is 0 Å². The van der Waals surface area contributed by atoms with E-state index in [9.17, 15) is 0 Å². The van der Waals surface area contributed by atoms with E-state index in [1.807, 2.05) is 6.20 Å². The average Bonchev–Trinajstić information content (AvgIpc) is 2.67. The van der Waals surface area contributed by atoms with Crippen LogP contribution in [-0.4, -0.2) is 27.2 Å². The second-order valence-electron chi connectivity index (χ2n) is 5.64. The Morgan fingerprint density at radius 2 is 2.25 bits per heavy atom. The molecular formula is C12H21N3O. The van der Waals surface area contributed by atoms with E-state index in [-0.39, 0.29) is 11.2 Å². The van der Waals surface area contributed by atoms with Gasteiger partial charge in [-0.3, -0.25) is 0 Å². The van der Waals surface area contributed by atoms with Crippen LogP contribution in [0, 0.1) is 0 Å². The van der Waals surface area contributed by atoms with Gasteiger partial charge in [-0.1, -0.05) is 0 Å². The Bertz CT molecular complexity index is 343. The van der Waals surface area contributed by atoms with Crippen molar-refractivity contribution in [1.82, 2.24) is 15.3 Å².